The molecule has 0 radical (unpaired) electrons. The molecule has 0 amide bonds. The number of hydrogen-bond acceptors (Lipinski definition) is 4. The number of H-pyrrole nitrogens is 1. The third-order valence-electron chi connectivity index (χ3n) is 4.31. The van der Waals surface area contributed by atoms with E-state index in [2.05, 4.69) is 15.3 Å². The maximum Gasteiger partial charge on any atom is 0.342 e. The van der Waals surface area contributed by atoms with Crippen molar-refractivity contribution in [2.75, 3.05) is 19.7 Å². The molecule has 0 spiro atoms. The Morgan fingerprint density at radius 3 is 2.60 bits per heavy atom. The highest BCUT2D eigenvalue weighted by Crippen LogP contribution is 2.36. The summed E-state index contributed by atoms with van der Waals surface area (Å²) >= 11 is 0. The number of piperidine rings is 1. The van der Waals surface area contributed by atoms with Crippen molar-refractivity contribution in [1.29, 1.82) is 0 Å². The smallest absolute Gasteiger partial charge is 0.342 e. The summed E-state index contributed by atoms with van der Waals surface area (Å²) in [5, 5.41) is 10.8. The Kier molecular flexibility index (Phi) is 5.48. The lowest BCUT2D eigenvalue weighted by Gasteiger charge is -2.21. The third-order valence-corrected chi connectivity index (χ3v) is 4.31. The fourth-order valence-corrected chi connectivity index (χ4v) is 3.05. The molecule has 25 heavy (non-hydrogen) atoms. The van der Waals surface area contributed by atoms with Crippen LogP contribution in [0, 0.1) is 6.92 Å². The second-order valence-corrected chi connectivity index (χ2v) is 6.14. The van der Waals surface area contributed by atoms with Crippen LogP contribution in [-0.2, 0) is 4.74 Å². The van der Waals surface area contributed by atoms with Crippen LogP contribution in [0.5, 0.6) is 0 Å². The Hall–Kier alpha value is -2.63. The first-order chi connectivity index (χ1) is 12.2. The molecule has 132 valence electrons. The van der Waals surface area contributed by atoms with E-state index in [1.807, 2.05) is 42.3 Å². The van der Waals surface area contributed by atoms with E-state index in [1.54, 1.807) is 6.92 Å². The predicted molar refractivity (Wildman–Crippen MR) is 96.9 cm³/mol. The summed E-state index contributed by atoms with van der Waals surface area (Å²) in [6, 6.07) is 9.85. The maximum atomic E-state index is 12.4. The zero-order valence-electron chi connectivity index (χ0n) is 14.8. The number of aromatic amines is 1. The molecule has 0 aliphatic carbocycles. The Labute approximate surface area is 147 Å². The van der Waals surface area contributed by atoms with E-state index in [0.29, 0.717) is 17.9 Å². The lowest BCUT2D eigenvalue weighted by atomic mass is 10.1. The van der Waals surface area contributed by atoms with Crippen molar-refractivity contribution in [3.8, 4) is 11.3 Å². The number of aromatic nitrogens is 1. The summed E-state index contributed by atoms with van der Waals surface area (Å²) in [6.45, 7) is 5.79. The number of esters is 1. The molecule has 2 heterocycles. The van der Waals surface area contributed by atoms with E-state index >= 15 is 0 Å². The molecule has 1 N–H and O–H groups in total. The first-order valence-corrected chi connectivity index (χ1v) is 8.82. The molecule has 1 aromatic carbocycles. The fourth-order valence-electron chi connectivity index (χ4n) is 3.05. The normalized spacial score (nSPS) is 14.9. The van der Waals surface area contributed by atoms with E-state index in [4.69, 9.17) is 4.74 Å². The van der Waals surface area contributed by atoms with Gasteiger partial charge in [-0.25, -0.2) is 4.79 Å². The topological polar surface area (TPSA) is 70.0 Å². The van der Waals surface area contributed by atoms with Crippen LogP contribution in [0.2, 0.25) is 0 Å². The van der Waals surface area contributed by atoms with E-state index < -0.39 is 0 Å². The maximum absolute atomic E-state index is 12.4. The van der Waals surface area contributed by atoms with Crippen molar-refractivity contribution in [2.24, 2.45) is 10.3 Å². The van der Waals surface area contributed by atoms with Gasteiger partial charge in [-0.15, -0.1) is 5.11 Å². The average Bonchev–Trinajstić information content (AvgIpc) is 2.98. The molecule has 1 aliphatic heterocycles. The van der Waals surface area contributed by atoms with Crippen molar-refractivity contribution >= 4 is 11.7 Å². The van der Waals surface area contributed by atoms with E-state index in [-0.39, 0.29) is 5.97 Å². The molecular formula is C19H24N4O2. The van der Waals surface area contributed by atoms with Crippen molar-refractivity contribution in [2.45, 2.75) is 33.1 Å². The first-order valence-electron chi connectivity index (χ1n) is 8.82. The third kappa shape index (κ3) is 3.90. The molecule has 1 aliphatic rings. The predicted octanol–water partition coefficient (Wildman–Crippen LogP) is 4.65. The summed E-state index contributed by atoms with van der Waals surface area (Å²) in [5.74, 6) is -0.369. The summed E-state index contributed by atoms with van der Waals surface area (Å²) in [4.78, 5) is 15.7. The molecule has 0 unspecified atom stereocenters. The second kappa shape index (κ2) is 7.96. The molecule has 6 nitrogen and oxygen atoms in total. The molecule has 0 atom stereocenters. The van der Waals surface area contributed by atoms with Gasteiger partial charge >= 0.3 is 5.97 Å². The first kappa shape index (κ1) is 17.2. The number of nitrogens with zero attached hydrogens (tertiary/aromatic N) is 3. The molecule has 1 saturated heterocycles. The minimum atomic E-state index is -0.369. The van der Waals surface area contributed by atoms with Crippen LogP contribution < -0.4 is 0 Å². The van der Waals surface area contributed by atoms with Gasteiger partial charge in [0.05, 0.1) is 12.3 Å². The Morgan fingerprint density at radius 2 is 1.92 bits per heavy atom. The highest BCUT2D eigenvalue weighted by molar-refractivity contribution is 6.00. The zero-order valence-corrected chi connectivity index (χ0v) is 14.8. The second-order valence-electron chi connectivity index (χ2n) is 6.14. The minimum Gasteiger partial charge on any atom is -0.462 e. The van der Waals surface area contributed by atoms with Gasteiger partial charge in [0.2, 0.25) is 0 Å². The van der Waals surface area contributed by atoms with Gasteiger partial charge in [-0.05, 0) is 33.1 Å². The van der Waals surface area contributed by atoms with Crippen molar-refractivity contribution in [3.05, 3.63) is 41.6 Å². The van der Waals surface area contributed by atoms with Crippen molar-refractivity contribution in [1.82, 2.24) is 9.99 Å². The molecule has 1 aromatic heterocycles. The van der Waals surface area contributed by atoms with Crippen LogP contribution in [0.1, 0.15) is 42.2 Å². The number of ether oxygens (including phenoxy) is 1. The number of hydrogen-bond donors (Lipinski definition) is 1. The SMILES string of the molecule is CCOC(=O)c1c(C)[nH]c(-c2ccccc2)c1N=NN1CCCCC1. The van der Waals surface area contributed by atoms with Gasteiger partial charge in [0.15, 0.2) is 0 Å². The van der Waals surface area contributed by atoms with E-state index in [0.717, 1.165) is 42.9 Å². The highest BCUT2D eigenvalue weighted by Gasteiger charge is 2.23. The Balaban J connectivity index is 2.01. The summed E-state index contributed by atoms with van der Waals surface area (Å²) in [7, 11) is 0. The summed E-state index contributed by atoms with van der Waals surface area (Å²) in [5.41, 5.74) is 3.51. The monoisotopic (exact) mass is 340 g/mol. The number of rotatable bonds is 5. The van der Waals surface area contributed by atoms with Gasteiger partial charge in [0.1, 0.15) is 11.3 Å². The van der Waals surface area contributed by atoms with Crippen LogP contribution in [0.3, 0.4) is 0 Å². The zero-order chi connectivity index (χ0) is 17.6. The number of carbonyl (C=O) groups is 1. The minimum absolute atomic E-state index is 0.326. The molecule has 1 fully saturated rings. The average molecular weight is 340 g/mol. The summed E-state index contributed by atoms with van der Waals surface area (Å²) in [6.07, 6.45) is 3.49. The van der Waals surface area contributed by atoms with Crippen LogP contribution in [0.15, 0.2) is 40.7 Å². The van der Waals surface area contributed by atoms with E-state index in [1.165, 1.54) is 6.42 Å². The van der Waals surface area contributed by atoms with Crippen LogP contribution in [0.25, 0.3) is 11.3 Å². The van der Waals surface area contributed by atoms with E-state index in [9.17, 15) is 4.79 Å². The lowest BCUT2D eigenvalue weighted by Crippen LogP contribution is -2.23. The number of carbonyl (C=O) groups excluding carboxylic acids is 1. The standard InChI is InChI=1S/C19H24N4O2/c1-3-25-19(24)16-14(2)20-17(15-10-6-4-7-11-15)18(16)21-22-23-12-8-5-9-13-23/h4,6-7,10-11,20H,3,5,8-9,12-13H2,1-2H3. The number of benzene rings is 1. The number of nitrogens with one attached hydrogen (secondary N) is 1. The van der Waals surface area contributed by atoms with Gasteiger partial charge in [0, 0.05) is 24.3 Å². The molecular weight excluding hydrogens is 316 g/mol. The highest BCUT2D eigenvalue weighted by atomic mass is 16.5. The van der Waals surface area contributed by atoms with Crippen LogP contribution >= 0.6 is 0 Å². The van der Waals surface area contributed by atoms with Crippen molar-refractivity contribution in [3.63, 3.8) is 0 Å². The van der Waals surface area contributed by atoms with Gasteiger partial charge < -0.3 is 9.72 Å². The molecule has 0 bridgehead atoms. The summed E-state index contributed by atoms with van der Waals surface area (Å²) < 4.78 is 5.22. The van der Waals surface area contributed by atoms with Crippen LogP contribution in [-0.4, -0.2) is 35.7 Å². The van der Waals surface area contributed by atoms with Crippen molar-refractivity contribution < 1.29 is 9.53 Å². The van der Waals surface area contributed by atoms with Gasteiger partial charge in [-0.1, -0.05) is 35.6 Å². The molecule has 2 aromatic rings. The Morgan fingerprint density at radius 1 is 1.20 bits per heavy atom. The van der Waals surface area contributed by atoms with Gasteiger partial charge in [0.25, 0.3) is 0 Å². The number of aryl methyl sites for hydroxylation is 1. The molecule has 6 heteroatoms. The molecule has 0 saturated carbocycles. The lowest BCUT2D eigenvalue weighted by molar-refractivity contribution is 0.0526. The van der Waals surface area contributed by atoms with Gasteiger partial charge in [-0.3, -0.25) is 5.01 Å². The quantitative estimate of drug-likeness (QED) is 0.636. The Bertz CT molecular complexity index is 746. The largest absolute Gasteiger partial charge is 0.462 e. The van der Waals surface area contributed by atoms with Gasteiger partial charge in [-0.2, -0.15) is 0 Å². The molecule has 3 rings (SSSR count). The van der Waals surface area contributed by atoms with Crippen LogP contribution in [0.4, 0.5) is 5.69 Å². The fraction of sp³-hybridized carbons (Fsp3) is 0.421.